The molecule has 3 aromatic rings. The van der Waals surface area contributed by atoms with Crippen LogP contribution in [0.1, 0.15) is 16.7 Å². The molecular weight excluding hydrogens is 338 g/mol. The summed E-state index contributed by atoms with van der Waals surface area (Å²) in [6.07, 6.45) is 0.541. The average molecular weight is 363 g/mol. The first-order chi connectivity index (χ1) is 13.2. The number of aliphatic hydroxyl groups excluding tert-OH is 1. The summed E-state index contributed by atoms with van der Waals surface area (Å²) in [5.41, 5.74) is 9.07. The Hall–Kier alpha value is -2.82. The van der Waals surface area contributed by atoms with Gasteiger partial charge >= 0.3 is 0 Å². The zero-order valence-electron chi connectivity index (χ0n) is 15.3. The second kappa shape index (κ2) is 9.76. The van der Waals surface area contributed by atoms with Crippen LogP contribution in [-0.4, -0.2) is 17.8 Å². The van der Waals surface area contributed by atoms with Crippen LogP contribution < -0.4 is 15.2 Å². The van der Waals surface area contributed by atoms with Gasteiger partial charge in [-0.15, -0.1) is 0 Å². The van der Waals surface area contributed by atoms with E-state index in [9.17, 15) is 5.11 Å². The van der Waals surface area contributed by atoms with E-state index in [1.165, 1.54) is 0 Å². The van der Waals surface area contributed by atoms with Crippen molar-refractivity contribution in [1.29, 1.82) is 0 Å². The van der Waals surface area contributed by atoms with Gasteiger partial charge in [-0.3, -0.25) is 0 Å². The fourth-order valence-electron chi connectivity index (χ4n) is 2.75. The molecule has 0 amide bonds. The van der Waals surface area contributed by atoms with Crippen LogP contribution in [0.2, 0.25) is 0 Å². The first kappa shape index (κ1) is 19.0. The Balaban J connectivity index is 1.73. The number of hydrogen-bond donors (Lipinski definition) is 2. The Kier molecular flexibility index (Phi) is 6.85. The van der Waals surface area contributed by atoms with Gasteiger partial charge in [-0.05, 0) is 29.2 Å². The molecule has 27 heavy (non-hydrogen) atoms. The molecule has 140 valence electrons. The highest BCUT2D eigenvalue weighted by Crippen LogP contribution is 2.27. The largest absolute Gasteiger partial charge is 0.489 e. The highest BCUT2D eigenvalue weighted by atomic mass is 16.5. The van der Waals surface area contributed by atoms with Crippen LogP contribution in [-0.2, 0) is 19.6 Å². The lowest BCUT2D eigenvalue weighted by molar-refractivity contribution is 0.261. The quantitative estimate of drug-likeness (QED) is 0.608. The van der Waals surface area contributed by atoms with Gasteiger partial charge < -0.3 is 20.3 Å². The lowest BCUT2D eigenvalue weighted by atomic mass is 10.1. The number of hydrogen-bond acceptors (Lipinski definition) is 4. The monoisotopic (exact) mass is 363 g/mol. The summed E-state index contributed by atoms with van der Waals surface area (Å²) in [6.45, 7) is 0.892. The van der Waals surface area contributed by atoms with E-state index in [-0.39, 0.29) is 12.6 Å². The van der Waals surface area contributed by atoms with Gasteiger partial charge in [0.05, 0.1) is 6.61 Å². The summed E-state index contributed by atoms with van der Waals surface area (Å²) in [4.78, 5) is 0. The molecule has 0 bridgehead atoms. The molecule has 3 rings (SSSR count). The molecule has 0 saturated carbocycles. The van der Waals surface area contributed by atoms with E-state index in [1.54, 1.807) is 0 Å². The second-order valence-electron chi connectivity index (χ2n) is 6.46. The number of nitrogens with two attached hydrogens (primary N) is 1. The van der Waals surface area contributed by atoms with Gasteiger partial charge in [-0.2, -0.15) is 0 Å². The van der Waals surface area contributed by atoms with Gasteiger partial charge in [-0.25, -0.2) is 0 Å². The van der Waals surface area contributed by atoms with Crippen molar-refractivity contribution in [3.05, 3.63) is 95.6 Å². The Bertz CT molecular complexity index is 822. The highest BCUT2D eigenvalue weighted by molar-refractivity contribution is 5.41. The zero-order valence-corrected chi connectivity index (χ0v) is 15.3. The summed E-state index contributed by atoms with van der Waals surface area (Å²) in [5.74, 6) is 1.47. The van der Waals surface area contributed by atoms with E-state index in [0.29, 0.717) is 19.6 Å². The molecule has 1 unspecified atom stereocenters. The summed E-state index contributed by atoms with van der Waals surface area (Å²) >= 11 is 0. The predicted molar refractivity (Wildman–Crippen MR) is 107 cm³/mol. The van der Waals surface area contributed by atoms with Crippen molar-refractivity contribution in [3.8, 4) is 11.5 Å². The maximum absolute atomic E-state index is 9.27. The Morgan fingerprint density at radius 3 is 1.96 bits per heavy atom. The maximum Gasteiger partial charge on any atom is 0.126 e. The predicted octanol–water partition coefficient (Wildman–Crippen LogP) is 3.71. The molecule has 4 nitrogen and oxygen atoms in total. The van der Waals surface area contributed by atoms with Gasteiger partial charge in [0.2, 0.25) is 0 Å². The summed E-state index contributed by atoms with van der Waals surface area (Å²) in [5, 5.41) is 9.27. The van der Waals surface area contributed by atoms with Crippen molar-refractivity contribution >= 4 is 0 Å². The molecule has 0 aliphatic rings. The number of aliphatic hydroxyl groups is 1. The number of benzene rings is 3. The topological polar surface area (TPSA) is 64.7 Å². The first-order valence-electron chi connectivity index (χ1n) is 9.07. The van der Waals surface area contributed by atoms with Crippen LogP contribution in [0.4, 0.5) is 0 Å². The fourth-order valence-corrected chi connectivity index (χ4v) is 2.75. The van der Waals surface area contributed by atoms with E-state index < -0.39 is 0 Å². The molecule has 4 heteroatoms. The van der Waals surface area contributed by atoms with Crippen molar-refractivity contribution in [2.45, 2.75) is 25.7 Å². The molecule has 0 aliphatic carbocycles. The van der Waals surface area contributed by atoms with Crippen LogP contribution in [0.3, 0.4) is 0 Å². The van der Waals surface area contributed by atoms with Crippen molar-refractivity contribution in [3.63, 3.8) is 0 Å². The molecule has 3 aromatic carbocycles. The third kappa shape index (κ3) is 5.84. The minimum atomic E-state index is -0.319. The Morgan fingerprint density at radius 2 is 1.37 bits per heavy atom. The van der Waals surface area contributed by atoms with E-state index in [0.717, 1.165) is 28.2 Å². The van der Waals surface area contributed by atoms with Crippen LogP contribution in [0, 0.1) is 0 Å². The molecule has 0 spiro atoms. The molecule has 0 heterocycles. The van der Waals surface area contributed by atoms with Crippen LogP contribution in [0.5, 0.6) is 11.5 Å². The SMILES string of the molecule is NC(CO)Cc1ccc(OCc2ccccc2)cc1OCc1ccccc1. The Labute approximate surface area is 160 Å². The standard InChI is InChI=1S/C23H25NO3/c24-21(15-25)13-20-11-12-22(26-16-18-7-3-1-4-8-18)14-23(20)27-17-19-9-5-2-6-10-19/h1-12,14,21,25H,13,15-17,24H2. The average Bonchev–Trinajstić information content (AvgIpc) is 2.73. The minimum absolute atomic E-state index is 0.0651. The molecule has 0 aromatic heterocycles. The van der Waals surface area contributed by atoms with Gasteiger partial charge in [-0.1, -0.05) is 66.7 Å². The van der Waals surface area contributed by atoms with E-state index in [2.05, 4.69) is 0 Å². The highest BCUT2D eigenvalue weighted by Gasteiger charge is 2.11. The van der Waals surface area contributed by atoms with Gasteiger partial charge in [0.25, 0.3) is 0 Å². The minimum Gasteiger partial charge on any atom is -0.489 e. The zero-order chi connectivity index (χ0) is 18.9. The molecule has 3 N–H and O–H groups in total. The van der Waals surface area contributed by atoms with E-state index >= 15 is 0 Å². The molecule has 0 radical (unpaired) electrons. The molecular formula is C23H25NO3. The van der Waals surface area contributed by atoms with Crippen LogP contribution in [0.25, 0.3) is 0 Å². The maximum atomic E-state index is 9.27. The lowest BCUT2D eigenvalue weighted by Crippen LogP contribution is -2.27. The third-order valence-electron chi connectivity index (χ3n) is 4.24. The van der Waals surface area contributed by atoms with E-state index in [4.69, 9.17) is 15.2 Å². The molecule has 0 fully saturated rings. The molecule has 0 aliphatic heterocycles. The summed E-state index contributed by atoms with van der Waals surface area (Å²) in [6, 6.07) is 25.5. The third-order valence-corrected chi connectivity index (χ3v) is 4.24. The van der Waals surface area contributed by atoms with E-state index in [1.807, 2.05) is 78.9 Å². The van der Waals surface area contributed by atoms with Crippen molar-refractivity contribution < 1.29 is 14.6 Å². The van der Waals surface area contributed by atoms with Crippen LogP contribution >= 0.6 is 0 Å². The number of rotatable bonds is 9. The van der Waals surface area contributed by atoms with Crippen molar-refractivity contribution in [2.24, 2.45) is 5.73 Å². The van der Waals surface area contributed by atoms with Gasteiger partial charge in [0, 0.05) is 12.1 Å². The normalized spacial score (nSPS) is 11.8. The molecule has 1 atom stereocenters. The van der Waals surface area contributed by atoms with Gasteiger partial charge in [0.15, 0.2) is 0 Å². The Morgan fingerprint density at radius 1 is 0.778 bits per heavy atom. The van der Waals surface area contributed by atoms with Crippen molar-refractivity contribution in [2.75, 3.05) is 6.61 Å². The fraction of sp³-hybridized carbons (Fsp3) is 0.217. The van der Waals surface area contributed by atoms with Crippen LogP contribution in [0.15, 0.2) is 78.9 Å². The summed E-state index contributed by atoms with van der Waals surface area (Å²) in [7, 11) is 0. The second-order valence-corrected chi connectivity index (χ2v) is 6.46. The summed E-state index contributed by atoms with van der Waals surface area (Å²) < 4.78 is 12.0. The smallest absolute Gasteiger partial charge is 0.126 e. The first-order valence-corrected chi connectivity index (χ1v) is 9.07. The van der Waals surface area contributed by atoms with Gasteiger partial charge in [0.1, 0.15) is 24.7 Å². The molecule has 0 saturated heterocycles. The number of ether oxygens (including phenoxy) is 2. The lowest BCUT2D eigenvalue weighted by Gasteiger charge is -2.16. The van der Waals surface area contributed by atoms with Crippen molar-refractivity contribution in [1.82, 2.24) is 0 Å².